The van der Waals surface area contributed by atoms with E-state index in [1.807, 2.05) is 49.4 Å². The summed E-state index contributed by atoms with van der Waals surface area (Å²) in [6.45, 7) is 5.58. The quantitative estimate of drug-likeness (QED) is 0.738. The summed E-state index contributed by atoms with van der Waals surface area (Å²) in [7, 11) is 0. The average molecular weight is 248 g/mol. The Kier molecular flexibility index (Phi) is 4.40. The molecule has 0 saturated heterocycles. The summed E-state index contributed by atoms with van der Waals surface area (Å²) < 4.78 is 0. The summed E-state index contributed by atoms with van der Waals surface area (Å²) in [5.74, 6) is 0. The van der Waals surface area contributed by atoms with E-state index in [2.05, 4.69) is 28.7 Å². The van der Waals surface area contributed by atoms with E-state index in [0.717, 1.165) is 22.6 Å². The Morgan fingerprint density at radius 3 is 2.58 bits per heavy atom. The number of nitrogens with zero attached hydrogens (tertiary/aromatic N) is 2. The number of aliphatic imine (C=N–C) groups is 1. The SMILES string of the molecule is C=CC=N/C(=C\C)c1cccc(-c2ccccc2)n1. The lowest BCUT2D eigenvalue weighted by Crippen LogP contribution is -1.90. The first-order chi connectivity index (χ1) is 9.35. The van der Waals surface area contributed by atoms with E-state index in [1.165, 1.54) is 0 Å². The molecule has 0 aliphatic carbocycles. The predicted molar refractivity (Wildman–Crippen MR) is 82.0 cm³/mol. The standard InChI is InChI=1S/C17H16N2/c1-3-13-18-15(4-2)17-12-8-11-16(19-17)14-9-6-5-7-10-14/h3-13H,1H2,2H3/b15-4-,18-13?. The maximum Gasteiger partial charge on any atom is 0.0890 e. The molecule has 0 fully saturated rings. The minimum atomic E-state index is 0.845. The third-order valence-corrected chi connectivity index (χ3v) is 2.67. The fourth-order valence-corrected chi connectivity index (χ4v) is 1.77. The van der Waals surface area contributed by atoms with Crippen LogP contribution < -0.4 is 0 Å². The number of rotatable bonds is 4. The number of allylic oxidation sites excluding steroid dienone is 2. The van der Waals surface area contributed by atoms with Gasteiger partial charge in [0.2, 0.25) is 0 Å². The number of pyridine rings is 1. The van der Waals surface area contributed by atoms with Crippen LogP contribution in [0, 0.1) is 0 Å². The van der Waals surface area contributed by atoms with Crippen molar-refractivity contribution in [3.8, 4) is 11.3 Å². The van der Waals surface area contributed by atoms with Gasteiger partial charge in [0.05, 0.1) is 17.1 Å². The molecule has 0 atom stereocenters. The molecule has 19 heavy (non-hydrogen) atoms. The lowest BCUT2D eigenvalue weighted by Gasteiger charge is -2.04. The van der Waals surface area contributed by atoms with Crippen molar-refractivity contribution in [1.29, 1.82) is 0 Å². The molecule has 0 aliphatic heterocycles. The number of hydrogen-bond donors (Lipinski definition) is 0. The molecule has 1 aromatic carbocycles. The van der Waals surface area contributed by atoms with E-state index in [-0.39, 0.29) is 0 Å². The Labute approximate surface area is 113 Å². The molecule has 1 heterocycles. The molecule has 2 nitrogen and oxygen atoms in total. The molecule has 0 N–H and O–H groups in total. The topological polar surface area (TPSA) is 25.2 Å². The highest BCUT2D eigenvalue weighted by molar-refractivity contribution is 5.79. The van der Waals surface area contributed by atoms with Gasteiger partial charge in [-0.3, -0.25) is 4.99 Å². The monoisotopic (exact) mass is 248 g/mol. The number of hydrogen-bond acceptors (Lipinski definition) is 2. The van der Waals surface area contributed by atoms with Gasteiger partial charge in [0.1, 0.15) is 0 Å². The Bertz CT molecular complexity index is 610. The van der Waals surface area contributed by atoms with Crippen molar-refractivity contribution < 1.29 is 0 Å². The van der Waals surface area contributed by atoms with Crippen molar-refractivity contribution in [2.75, 3.05) is 0 Å². The second kappa shape index (κ2) is 6.45. The van der Waals surface area contributed by atoms with E-state index in [0.29, 0.717) is 0 Å². The highest BCUT2D eigenvalue weighted by atomic mass is 14.8. The zero-order valence-corrected chi connectivity index (χ0v) is 11.0. The number of aromatic nitrogens is 1. The van der Waals surface area contributed by atoms with Gasteiger partial charge in [-0.1, -0.05) is 55.1 Å². The minimum absolute atomic E-state index is 0.845. The second-order valence-corrected chi connectivity index (χ2v) is 3.96. The first kappa shape index (κ1) is 13.0. The van der Waals surface area contributed by atoms with Crippen LogP contribution in [-0.2, 0) is 0 Å². The average Bonchev–Trinajstić information content (AvgIpc) is 2.49. The lowest BCUT2D eigenvalue weighted by molar-refractivity contribution is 1.25. The van der Waals surface area contributed by atoms with E-state index in [4.69, 9.17) is 0 Å². The lowest BCUT2D eigenvalue weighted by atomic mass is 10.1. The van der Waals surface area contributed by atoms with E-state index >= 15 is 0 Å². The van der Waals surface area contributed by atoms with Crippen LogP contribution in [0.5, 0.6) is 0 Å². The van der Waals surface area contributed by atoms with Crippen molar-refractivity contribution in [2.45, 2.75) is 6.92 Å². The highest BCUT2D eigenvalue weighted by Crippen LogP contribution is 2.20. The van der Waals surface area contributed by atoms with Gasteiger partial charge >= 0.3 is 0 Å². The normalized spacial score (nSPS) is 11.7. The molecule has 0 radical (unpaired) electrons. The Balaban J connectivity index is 2.39. The van der Waals surface area contributed by atoms with Crippen LogP contribution in [0.2, 0.25) is 0 Å². The largest absolute Gasteiger partial charge is 0.255 e. The first-order valence-corrected chi connectivity index (χ1v) is 6.19. The second-order valence-electron chi connectivity index (χ2n) is 3.96. The molecule has 0 unspecified atom stereocenters. The predicted octanol–water partition coefficient (Wildman–Crippen LogP) is 4.37. The van der Waals surface area contributed by atoms with E-state index < -0.39 is 0 Å². The molecule has 0 spiro atoms. The smallest absolute Gasteiger partial charge is 0.0890 e. The van der Waals surface area contributed by atoms with Crippen LogP contribution in [0.4, 0.5) is 0 Å². The molecular formula is C17H16N2. The maximum atomic E-state index is 4.65. The summed E-state index contributed by atoms with van der Waals surface area (Å²) >= 11 is 0. The summed E-state index contributed by atoms with van der Waals surface area (Å²) in [6, 6.07) is 16.1. The molecule has 0 amide bonds. The molecule has 2 aromatic rings. The molecule has 2 heteroatoms. The van der Waals surface area contributed by atoms with E-state index in [1.54, 1.807) is 12.3 Å². The Hall–Kier alpha value is -2.48. The Morgan fingerprint density at radius 1 is 1.11 bits per heavy atom. The zero-order chi connectivity index (χ0) is 13.5. The third kappa shape index (κ3) is 3.26. The summed E-state index contributed by atoms with van der Waals surface area (Å²) in [6.07, 6.45) is 5.27. The number of benzene rings is 1. The van der Waals surface area contributed by atoms with Crippen molar-refractivity contribution in [2.24, 2.45) is 4.99 Å². The molecule has 94 valence electrons. The van der Waals surface area contributed by atoms with Gasteiger partial charge in [-0.15, -0.1) is 0 Å². The van der Waals surface area contributed by atoms with Gasteiger partial charge in [-0.25, -0.2) is 4.98 Å². The molecular weight excluding hydrogens is 232 g/mol. The molecule has 2 rings (SSSR count). The van der Waals surface area contributed by atoms with E-state index in [9.17, 15) is 0 Å². The molecule has 0 saturated carbocycles. The zero-order valence-electron chi connectivity index (χ0n) is 11.0. The maximum absolute atomic E-state index is 4.65. The first-order valence-electron chi connectivity index (χ1n) is 6.19. The Morgan fingerprint density at radius 2 is 1.89 bits per heavy atom. The van der Waals surface area contributed by atoms with Crippen molar-refractivity contribution in [1.82, 2.24) is 4.98 Å². The fraction of sp³-hybridized carbons (Fsp3) is 0.0588. The van der Waals surface area contributed by atoms with Crippen LogP contribution >= 0.6 is 0 Å². The minimum Gasteiger partial charge on any atom is -0.255 e. The van der Waals surface area contributed by atoms with Crippen molar-refractivity contribution in [3.05, 3.63) is 73.0 Å². The van der Waals surface area contributed by atoms with Crippen molar-refractivity contribution >= 4 is 11.9 Å². The highest BCUT2D eigenvalue weighted by Gasteiger charge is 2.03. The van der Waals surface area contributed by atoms with Gasteiger partial charge in [-0.05, 0) is 19.1 Å². The fourth-order valence-electron chi connectivity index (χ4n) is 1.77. The van der Waals surface area contributed by atoms with Gasteiger partial charge in [0.15, 0.2) is 0 Å². The van der Waals surface area contributed by atoms with Crippen LogP contribution in [-0.4, -0.2) is 11.2 Å². The molecule has 0 bridgehead atoms. The summed E-state index contributed by atoms with van der Waals surface area (Å²) in [5, 5.41) is 0. The van der Waals surface area contributed by atoms with Crippen LogP contribution in [0.3, 0.4) is 0 Å². The van der Waals surface area contributed by atoms with Gasteiger partial charge in [0, 0.05) is 11.8 Å². The third-order valence-electron chi connectivity index (χ3n) is 2.67. The van der Waals surface area contributed by atoms with Gasteiger partial charge < -0.3 is 0 Å². The van der Waals surface area contributed by atoms with Gasteiger partial charge in [0.25, 0.3) is 0 Å². The van der Waals surface area contributed by atoms with Crippen LogP contribution in [0.25, 0.3) is 17.0 Å². The van der Waals surface area contributed by atoms with Crippen LogP contribution in [0.15, 0.2) is 72.3 Å². The summed E-state index contributed by atoms with van der Waals surface area (Å²) in [4.78, 5) is 8.97. The molecule has 1 aromatic heterocycles. The molecule has 0 aliphatic rings. The van der Waals surface area contributed by atoms with Crippen LogP contribution in [0.1, 0.15) is 12.6 Å². The van der Waals surface area contributed by atoms with Gasteiger partial charge in [-0.2, -0.15) is 0 Å². The summed E-state index contributed by atoms with van der Waals surface area (Å²) in [5.41, 5.74) is 3.76. The van der Waals surface area contributed by atoms with Crippen molar-refractivity contribution in [3.63, 3.8) is 0 Å².